The molecule has 0 aliphatic heterocycles. The Morgan fingerprint density at radius 2 is 1.33 bits per heavy atom. The lowest BCUT2D eigenvalue weighted by molar-refractivity contribution is -0.143. The number of hydrogen-bond acceptors (Lipinski definition) is 6. The van der Waals surface area contributed by atoms with E-state index in [4.69, 9.17) is 11.5 Å². The highest BCUT2D eigenvalue weighted by molar-refractivity contribution is 5.94. The second-order valence-electron chi connectivity index (χ2n) is 6.45. The summed E-state index contributed by atoms with van der Waals surface area (Å²) >= 11 is 0. The molecule has 4 amide bonds. The topological polar surface area (TPSA) is 194 Å². The number of rotatable bonds is 11. The number of carbonyl (C=O) groups excluding carboxylic acids is 4. The van der Waals surface area contributed by atoms with Gasteiger partial charge in [0, 0.05) is 0 Å². The van der Waals surface area contributed by atoms with Crippen LogP contribution in [0.5, 0.6) is 0 Å². The Morgan fingerprint density at radius 3 is 1.74 bits per heavy atom. The van der Waals surface area contributed by atoms with Gasteiger partial charge in [-0.05, 0) is 19.8 Å². The molecule has 154 valence electrons. The van der Waals surface area contributed by atoms with Crippen LogP contribution < -0.4 is 27.4 Å². The Hall–Kier alpha value is -2.69. The molecule has 0 aromatic heterocycles. The van der Waals surface area contributed by atoms with E-state index in [9.17, 15) is 29.1 Å². The lowest BCUT2D eigenvalue weighted by Crippen LogP contribution is -2.56. The van der Waals surface area contributed by atoms with Gasteiger partial charge in [-0.15, -0.1) is 0 Å². The molecule has 0 fully saturated rings. The molecule has 11 nitrogen and oxygen atoms in total. The minimum absolute atomic E-state index is 0.292. The van der Waals surface area contributed by atoms with Gasteiger partial charge in [0.15, 0.2) is 0 Å². The van der Waals surface area contributed by atoms with Gasteiger partial charge in [-0.1, -0.05) is 20.3 Å². The Balaban J connectivity index is 4.70. The minimum Gasteiger partial charge on any atom is -0.480 e. The van der Waals surface area contributed by atoms with Crippen molar-refractivity contribution in [2.75, 3.05) is 0 Å². The zero-order valence-electron chi connectivity index (χ0n) is 15.9. The third kappa shape index (κ3) is 8.49. The highest BCUT2D eigenvalue weighted by atomic mass is 16.4. The Bertz CT molecular complexity index is 582. The fraction of sp³-hybridized carbons (Fsp3) is 0.688. The lowest BCUT2D eigenvalue weighted by atomic mass is 9.99. The second kappa shape index (κ2) is 11.1. The number of aliphatic carboxylic acids is 1. The minimum atomic E-state index is -1.19. The van der Waals surface area contributed by atoms with Gasteiger partial charge in [-0.3, -0.25) is 19.2 Å². The van der Waals surface area contributed by atoms with Crippen LogP contribution >= 0.6 is 0 Å². The predicted molar refractivity (Wildman–Crippen MR) is 96.0 cm³/mol. The second-order valence-corrected chi connectivity index (χ2v) is 6.45. The van der Waals surface area contributed by atoms with Crippen molar-refractivity contribution in [3.05, 3.63) is 0 Å². The Kier molecular flexibility index (Phi) is 10.0. The molecule has 0 bridgehead atoms. The zero-order valence-corrected chi connectivity index (χ0v) is 15.9. The van der Waals surface area contributed by atoms with Gasteiger partial charge >= 0.3 is 5.97 Å². The Morgan fingerprint density at radius 1 is 0.889 bits per heavy atom. The fourth-order valence-electron chi connectivity index (χ4n) is 2.06. The molecule has 0 aliphatic rings. The predicted octanol–water partition coefficient (Wildman–Crippen LogP) is -2.19. The number of carboxylic acid groups (broad SMARTS) is 1. The molecule has 27 heavy (non-hydrogen) atoms. The van der Waals surface area contributed by atoms with E-state index >= 15 is 0 Å². The molecule has 0 radical (unpaired) electrons. The molecule has 0 spiro atoms. The number of hydrogen-bond donors (Lipinski definition) is 6. The maximum Gasteiger partial charge on any atom is 0.326 e. The quantitative estimate of drug-likeness (QED) is 0.232. The summed E-state index contributed by atoms with van der Waals surface area (Å²) in [4.78, 5) is 58.0. The summed E-state index contributed by atoms with van der Waals surface area (Å²) in [7, 11) is 0. The van der Waals surface area contributed by atoms with Gasteiger partial charge in [0.05, 0.1) is 12.5 Å². The highest BCUT2D eigenvalue weighted by Crippen LogP contribution is 2.08. The van der Waals surface area contributed by atoms with Crippen molar-refractivity contribution in [1.82, 2.24) is 16.0 Å². The van der Waals surface area contributed by atoms with Crippen LogP contribution in [0.4, 0.5) is 0 Å². The molecular weight excluding hydrogens is 358 g/mol. The molecule has 0 aromatic rings. The number of carboxylic acids is 1. The monoisotopic (exact) mass is 387 g/mol. The zero-order chi connectivity index (χ0) is 21.3. The first-order valence-corrected chi connectivity index (χ1v) is 8.58. The molecule has 8 N–H and O–H groups in total. The van der Waals surface area contributed by atoms with Crippen LogP contribution in [0.25, 0.3) is 0 Å². The molecule has 0 aromatic carbocycles. The van der Waals surface area contributed by atoms with Crippen molar-refractivity contribution in [2.24, 2.45) is 17.4 Å². The van der Waals surface area contributed by atoms with E-state index in [1.165, 1.54) is 13.8 Å². The van der Waals surface area contributed by atoms with E-state index in [1.54, 1.807) is 13.8 Å². The number of carbonyl (C=O) groups is 5. The van der Waals surface area contributed by atoms with Crippen molar-refractivity contribution >= 4 is 29.6 Å². The fourth-order valence-corrected chi connectivity index (χ4v) is 2.06. The van der Waals surface area contributed by atoms with Gasteiger partial charge in [0.1, 0.15) is 18.1 Å². The number of nitrogens with one attached hydrogen (secondary N) is 3. The summed E-state index contributed by atoms with van der Waals surface area (Å²) in [6, 6.07) is -4.32. The molecule has 0 saturated carbocycles. The average molecular weight is 387 g/mol. The van der Waals surface area contributed by atoms with Crippen molar-refractivity contribution in [3.8, 4) is 0 Å². The van der Waals surface area contributed by atoms with E-state index in [0.717, 1.165) is 0 Å². The van der Waals surface area contributed by atoms with E-state index in [2.05, 4.69) is 16.0 Å². The van der Waals surface area contributed by atoms with Gasteiger partial charge < -0.3 is 32.5 Å². The molecule has 11 heteroatoms. The standard InChI is InChI=1S/C16H29N5O6/c1-5-7(2)12(16(26)27)21-14(24)9(4)19-13(23)8(3)20-15(25)10(17)6-11(18)22/h7-10,12H,5-6,17H2,1-4H3,(H2,18,22)(H,19,23)(H,20,25)(H,21,24)(H,26,27). The van der Waals surface area contributed by atoms with Crippen molar-refractivity contribution in [1.29, 1.82) is 0 Å². The van der Waals surface area contributed by atoms with Gasteiger partial charge in [-0.25, -0.2) is 4.79 Å². The molecule has 0 rings (SSSR count). The van der Waals surface area contributed by atoms with Gasteiger partial charge in [0.25, 0.3) is 0 Å². The van der Waals surface area contributed by atoms with E-state index in [1.807, 2.05) is 0 Å². The molecular formula is C16H29N5O6. The Labute approximate surface area is 157 Å². The van der Waals surface area contributed by atoms with Crippen LogP contribution in [-0.4, -0.2) is 58.9 Å². The maximum absolute atomic E-state index is 12.1. The van der Waals surface area contributed by atoms with E-state index in [-0.39, 0.29) is 12.3 Å². The van der Waals surface area contributed by atoms with Crippen LogP contribution in [0.15, 0.2) is 0 Å². The molecule has 0 heterocycles. The summed E-state index contributed by atoms with van der Waals surface area (Å²) in [6.07, 6.45) is 0.178. The van der Waals surface area contributed by atoms with E-state index < -0.39 is 53.8 Å². The third-order valence-corrected chi connectivity index (χ3v) is 4.04. The molecule has 5 unspecified atom stereocenters. The molecule has 0 saturated heterocycles. The summed E-state index contributed by atoms with van der Waals surface area (Å²) in [5, 5.41) is 16.3. The highest BCUT2D eigenvalue weighted by Gasteiger charge is 2.29. The largest absolute Gasteiger partial charge is 0.480 e. The lowest BCUT2D eigenvalue weighted by Gasteiger charge is -2.23. The number of primary amides is 1. The van der Waals surface area contributed by atoms with Crippen LogP contribution in [0.3, 0.4) is 0 Å². The first kappa shape index (κ1) is 24.3. The first-order valence-electron chi connectivity index (χ1n) is 8.58. The summed E-state index contributed by atoms with van der Waals surface area (Å²) in [5.41, 5.74) is 10.4. The number of amides is 4. The van der Waals surface area contributed by atoms with E-state index in [0.29, 0.717) is 6.42 Å². The summed E-state index contributed by atoms with van der Waals surface area (Å²) < 4.78 is 0. The van der Waals surface area contributed by atoms with Gasteiger partial charge in [-0.2, -0.15) is 0 Å². The van der Waals surface area contributed by atoms with Crippen molar-refractivity contribution in [2.45, 2.75) is 64.7 Å². The summed E-state index contributed by atoms with van der Waals surface area (Å²) in [6.45, 7) is 6.24. The smallest absolute Gasteiger partial charge is 0.326 e. The van der Waals surface area contributed by atoms with Crippen LogP contribution in [0.1, 0.15) is 40.5 Å². The SMILES string of the molecule is CCC(C)C(NC(=O)C(C)NC(=O)C(C)NC(=O)C(N)CC(N)=O)C(=O)O. The van der Waals surface area contributed by atoms with Crippen LogP contribution in [-0.2, 0) is 24.0 Å². The summed E-state index contributed by atoms with van der Waals surface area (Å²) in [5.74, 6) is -4.29. The van der Waals surface area contributed by atoms with Crippen LogP contribution in [0.2, 0.25) is 0 Å². The van der Waals surface area contributed by atoms with Crippen molar-refractivity contribution < 1.29 is 29.1 Å². The number of nitrogens with two attached hydrogens (primary N) is 2. The normalized spacial score (nSPS) is 16.2. The molecule has 5 atom stereocenters. The first-order chi connectivity index (χ1) is 12.4. The molecule has 0 aliphatic carbocycles. The third-order valence-electron chi connectivity index (χ3n) is 4.04. The van der Waals surface area contributed by atoms with Gasteiger partial charge in [0.2, 0.25) is 23.6 Å². The maximum atomic E-state index is 12.1. The van der Waals surface area contributed by atoms with Crippen LogP contribution in [0, 0.1) is 5.92 Å². The van der Waals surface area contributed by atoms with Crippen molar-refractivity contribution in [3.63, 3.8) is 0 Å². The average Bonchev–Trinajstić information content (AvgIpc) is 2.57.